The van der Waals surface area contributed by atoms with Crippen LogP contribution >= 0.6 is 22.6 Å². The summed E-state index contributed by atoms with van der Waals surface area (Å²) in [7, 11) is 0. The van der Waals surface area contributed by atoms with Gasteiger partial charge in [0.25, 0.3) is 5.91 Å². The maximum atomic E-state index is 12.4. The standard InChI is InChI=1S/C20H19IN2O2/c1-2-3-12-25-19-7-5-4-6-15(19)13-16(14-22)20(24)23-18-10-8-17(21)9-11-18/h4-11,13H,2-3,12H2,1H3,(H,23,24)/b16-13+. The Morgan fingerprint density at radius 1 is 1.24 bits per heavy atom. The van der Waals surface area contributed by atoms with Gasteiger partial charge in [0.15, 0.2) is 0 Å². The molecule has 0 spiro atoms. The molecule has 1 N–H and O–H groups in total. The second-order valence-corrected chi connectivity index (χ2v) is 6.62. The van der Waals surface area contributed by atoms with Crippen molar-refractivity contribution < 1.29 is 9.53 Å². The Kier molecular flexibility index (Phi) is 7.48. The van der Waals surface area contributed by atoms with Crippen LogP contribution in [0, 0.1) is 14.9 Å². The summed E-state index contributed by atoms with van der Waals surface area (Å²) in [5, 5.41) is 12.1. The van der Waals surface area contributed by atoms with Gasteiger partial charge in [-0.3, -0.25) is 4.79 Å². The minimum Gasteiger partial charge on any atom is -0.493 e. The van der Waals surface area contributed by atoms with Gasteiger partial charge >= 0.3 is 0 Å². The van der Waals surface area contributed by atoms with Crippen LogP contribution in [0.25, 0.3) is 6.08 Å². The molecule has 2 aromatic carbocycles. The van der Waals surface area contributed by atoms with Crippen LogP contribution < -0.4 is 10.1 Å². The van der Waals surface area contributed by atoms with Gasteiger partial charge in [-0.1, -0.05) is 31.5 Å². The quantitative estimate of drug-likeness (QED) is 0.281. The van der Waals surface area contributed by atoms with Crippen LogP contribution in [-0.4, -0.2) is 12.5 Å². The molecule has 4 nitrogen and oxygen atoms in total. The average Bonchev–Trinajstić information content (AvgIpc) is 2.63. The van der Waals surface area contributed by atoms with E-state index in [0.29, 0.717) is 23.6 Å². The minimum atomic E-state index is -0.438. The van der Waals surface area contributed by atoms with Gasteiger partial charge in [0.2, 0.25) is 0 Å². The molecular formula is C20H19IN2O2. The number of para-hydroxylation sites is 1. The third-order valence-corrected chi connectivity index (χ3v) is 4.16. The predicted octanol–water partition coefficient (Wildman–Crippen LogP) is 5.02. The zero-order valence-corrected chi connectivity index (χ0v) is 16.1. The van der Waals surface area contributed by atoms with Crippen molar-refractivity contribution in [1.29, 1.82) is 5.26 Å². The lowest BCUT2D eigenvalue weighted by Crippen LogP contribution is -2.13. The van der Waals surface area contributed by atoms with Crippen LogP contribution in [0.4, 0.5) is 5.69 Å². The van der Waals surface area contributed by atoms with Crippen molar-refractivity contribution in [3.05, 3.63) is 63.2 Å². The number of amides is 1. The Hall–Kier alpha value is -2.33. The molecule has 5 heteroatoms. The third kappa shape index (κ3) is 5.91. The van der Waals surface area contributed by atoms with Gasteiger partial charge in [0, 0.05) is 14.8 Å². The molecule has 0 saturated carbocycles. The van der Waals surface area contributed by atoms with Crippen molar-refractivity contribution in [2.45, 2.75) is 19.8 Å². The molecule has 0 fully saturated rings. The average molecular weight is 446 g/mol. The molecule has 0 atom stereocenters. The van der Waals surface area contributed by atoms with Crippen LogP contribution in [0.1, 0.15) is 25.3 Å². The monoisotopic (exact) mass is 446 g/mol. The van der Waals surface area contributed by atoms with E-state index in [1.54, 1.807) is 18.2 Å². The molecule has 0 unspecified atom stereocenters. The fourth-order valence-electron chi connectivity index (χ4n) is 2.09. The Morgan fingerprint density at radius 3 is 2.64 bits per heavy atom. The van der Waals surface area contributed by atoms with E-state index in [1.165, 1.54) is 0 Å². The van der Waals surface area contributed by atoms with Gasteiger partial charge in [-0.2, -0.15) is 5.26 Å². The second-order valence-electron chi connectivity index (χ2n) is 5.37. The molecule has 0 aromatic heterocycles. The fraction of sp³-hybridized carbons (Fsp3) is 0.200. The number of ether oxygens (including phenoxy) is 1. The summed E-state index contributed by atoms with van der Waals surface area (Å²) in [5.74, 6) is 0.234. The predicted molar refractivity (Wildman–Crippen MR) is 108 cm³/mol. The third-order valence-electron chi connectivity index (χ3n) is 3.44. The van der Waals surface area contributed by atoms with E-state index >= 15 is 0 Å². The number of unbranched alkanes of at least 4 members (excludes halogenated alkanes) is 1. The molecule has 0 saturated heterocycles. The molecule has 25 heavy (non-hydrogen) atoms. The van der Waals surface area contributed by atoms with Gasteiger partial charge in [-0.05, 0) is 65.4 Å². The van der Waals surface area contributed by atoms with Crippen molar-refractivity contribution in [1.82, 2.24) is 0 Å². The highest BCUT2D eigenvalue weighted by Gasteiger charge is 2.11. The Bertz CT molecular complexity index is 792. The Morgan fingerprint density at radius 2 is 1.96 bits per heavy atom. The molecule has 0 radical (unpaired) electrons. The summed E-state index contributed by atoms with van der Waals surface area (Å²) in [6, 6.07) is 16.7. The van der Waals surface area contributed by atoms with Gasteiger partial charge in [-0.15, -0.1) is 0 Å². The van der Waals surface area contributed by atoms with Crippen LogP contribution in [0.2, 0.25) is 0 Å². The zero-order chi connectivity index (χ0) is 18.1. The molecule has 0 bridgehead atoms. The number of anilines is 1. The molecule has 0 heterocycles. The SMILES string of the molecule is CCCCOc1ccccc1/C=C(\C#N)C(=O)Nc1ccc(I)cc1. The number of nitrogens with zero attached hydrogens (tertiary/aromatic N) is 1. The summed E-state index contributed by atoms with van der Waals surface area (Å²) >= 11 is 2.19. The molecule has 0 aliphatic rings. The topological polar surface area (TPSA) is 62.1 Å². The van der Waals surface area contributed by atoms with Gasteiger partial charge in [0.1, 0.15) is 17.4 Å². The Balaban J connectivity index is 2.17. The lowest BCUT2D eigenvalue weighted by molar-refractivity contribution is -0.112. The van der Waals surface area contributed by atoms with Crippen LogP contribution in [0.15, 0.2) is 54.1 Å². The molecule has 0 aliphatic heterocycles. The molecule has 1 amide bonds. The lowest BCUT2D eigenvalue weighted by Gasteiger charge is -2.09. The highest BCUT2D eigenvalue weighted by molar-refractivity contribution is 14.1. The van der Waals surface area contributed by atoms with Crippen molar-refractivity contribution in [3.8, 4) is 11.8 Å². The van der Waals surface area contributed by atoms with E-state index in [0.717, 1.165) is 16.4 Å². The van der Waals surface area contributed by atoms with Gasteiger partial charge in [0.05, 0.1) is 6.61 Å². The lowest BCUT2D eigenvalue weighted by atomic mass is 10.1. The summed E-state index contributed by atoms with van der Waals surface area (Å²) in [4.78, 5) is 12.4. The normalized spacial score (nSPS) is 10.8. The van der Waals surface area contributed by atoms with Crippen LogP contribution in [0.5, 0.6) is 5.75 Å². The number of rotatable bonds is 7. The summed E-state index contributed by atoms with van der Waals surface area (Å²) < 4.78 is 6.82. The van der Waals surface area contributed by atoms with Gasteiger partial charge < -0.3 is 10.1 Å². The first-order chi connectivity index (χ1) is 12.1. The van der Waals surface area contributed by atoms with Crippen LogP contribution in [-0.2, 0) is 4.79 Å². The zero-order valence-electron chi connectivity index (χ0n) is 14.0. The highest BCUT2D eigenvalue weighted by atomic mass is 127. The van der Waals surface area contributed by atoms with Gasteiger partial charge in [-0.25, -0.2) is 0 Å². The van der Waals surface area contributed by atoms with Crippen molar-refractivity contribution in [2.75, 3.05) is 11.9 Å². The highest BCUT2D eigenvalue weighted by Crippen LogP contribution is 2.22. The Labute approximate surface area is 161 Å². The van der Waals surface area contributed by atoms with E-state index in [-0.39, 0.29) is 5.57 Å². The minimum absolute atomic E-state index is 0.0325. The summed E-state index contributed by atoms with van der Waals surface area (Å²) in [6.07, 6.45) is 3.56. The number of carbonyl (C=O) groups excluding carboxylic acids is 1. The maximum Gasteiger partial charge on any atom is 0.266 e. The largest absolute Gasteiger partial charge is 0.493 e. The number of halogens is 1. The number of hydrogen-bond acceptors (Lipinski definition) is 3. The molecule has 2 rings (SSSR count). The number of carbonyl (C=O) groups is 1. The molecular weight excluding hydrogens is 427 g/mol. The van der Waals surface area contributed by atoms with Crippen molar-refractivity contribution in [3.63, 3.8) is 0 Å². The van der Waals surface area contributed by atoms with Crippen molar-refractivity contribution in [2.24, 2.45) is 0 Å². The summed E-state index contributed by atoms with van der Waals surface area (Å²) in [6.45, 7) is 2.70. The van der Waals surface area contributed by atoms with E-state index in [2.05, 4.69) is 34.8 Å². The van der Waals surface area contributed by atoms with Crippen LogP contribution in [0.3, 0.4) is 0 Å². The van der Waals surface area contributed by atoms with Crippen molar-refractivity contribution >= 4 is 40.3 Å². The fourth-order valence-corrected chi connectivity index (χ4v) is 2.45. The number of hydrogen-bond donors (Lipinski definition) is 1. The van der Waals surface area contributed by atoms with E-state index in [4.69, 9.17) is 4.74 Å². The summed E-state index contributed by atoms with van der Waals surface area (Å²) in [5.41, 5.74) is 1.40. The van der Waals surface area contributed by atoms with E-state index in [9.17, 15) is 10.1 Å². The van der Waals surface area contributed by atoms with E-state index in [1.807, 2.05) is 42.5 Å². The first-order valence-electron chi connectivity index (χ1n) is 8.04. The molecule has 2 aromatic rings. The number of nitriles is 1. The second kappa shape index (κ2) is 9.84. The number of nitrogens with one attached hydrogen (secondary N) is 1. The van der Waals surface area contributed by atoms with E-state index < -0.39 is 5.91 Å². The number of benzene rings is 2. The molecule has 0 aliphatic carbocycles. The smallest absolute Gasteiger partial charge is 0.266 e. The first kappa shape index (κ1) is 19.0. The first-order valence-corrected chi connectivity index (χ1v) is 9.12. The molecule has 128 valence electrons. The maximum absolute atomic E-state index is 12.4.